The van der Waals surface area contributed by atoms with Gasteiger partial charge in [0.1, 0.15) is 17.3 Å². The molecule has 9 heteroatoms. The van der Waals surface area contributed by atoms with Crippen molar-refractivity contribution in [2.45, 2.75) is 18.8 Å². The summed E-state index contributed by atoms with van der Waals surface area (Å²) in [6, 6.07) is 3.69. The molecule has 1 saturated heterocycles. The number of halogens is 1. The van der Waals surface area contributed by atoms with E-state index in [1.165, 1.54) is 19.2 Å². The number of benzene rings is 1. The Morgan fingerprint density at radius 1 is 1.41 bits per heavy atom. The number of methoxy groups -OCH3 is 1. The molecule has 0 spiro atoms. The van der Waals surface area contributed by atoms with Crippen LogP contribution in [0, 0.1) is 5.82 Å². The van der Waals surface area contributed by atoms with Crippen LogP contribution in [0.1, 0.15) is 34.8 Å². The van der Waals surface area contributed by atoms with Crippen LogP contribution in [0.5, 0.6) is 0 Å². The van der Waals surface area contributed by atoms with E-state index in [0.29, 0.717) is 24.3 Å². The number of hydrogen-bond acceptors (Lipinski definition) is 6. The number of carboxylic acids is 1. The van der Waals surface area contributed by atoms with Gasteiger partial charge in [0, 0.05) is 24.6 Å². The summed E-state index contributed by atoms with van der Waals surface area (Å²) in [7, 11) is 1.34. The maximum absolute atomic E-state index is 14.0. The number of ether oxygens (including phenoxy) is 1. The minimum Gasteiger partial charge on any atom is -0.478 e. The Bertz CT molecular complexity index is 890. The second-order valence-corrected chi connectivity index (χ2v) is 6.28. The molecule has 1 atom stereocenters. The highest BCUT2D eigenvalue weighted by Gasteiger charge is 2.27. The third kappa shape index (κ3) is 3.81. The van der Waals surface area contributed by atoms with Crippen LogP contribution in [-0.4, -0.2) is 52.2 Å². The minimum atomic E-state index is -1.35. The average Bonchev–Trinajstić information content (AvgIpc) is 2.67. The number of carboxylic acid groups (broad SMARTS) is 1. The number of rotatable bonds is 3. The molecule has 1 fully saturated rings. The first kappa shape index (κ1) is 18.6. The second-order valence-electron chi connectivity index (χ2n) is 6.28. The van der Waals surface area contributed by atoms with E-state index >= 15 is 0 Å². The summed E-state index contributed by atoms with van der Waals surface area (Å²) in [4.78, 5) is 33.0. The summed E-state index contributed by atoms with van der Waals surface area (Å²) in [5, 5.41) is 8.95. The number of likely N-dealkylation sites (tertiary alicyclic amines) is 1. The van der Waals surface area contributed by atoms with Crippen LogP contribution in [0.3, 0.4) is 0 Å². The Kier molecular flexibility index (Phi) is 5.20. The maximum Gasteiger partial charge on any atom is 0.409 e. The Labute approximate surface area is 154 Å². The van der Waals surface area contributed by atoms with Gasteiger partial charge in [-0.15, -0.1) is 0 Å². The van der Waals surface area contributed by atoms with Gasteiger partial charge in [-0.3, -0.25) is 0 Å². The fraction of sp³-hybridized carbons (Fsp3) is 0.333. The summed E-state index contributed by atoms with van der Waals surface area (Å²) in [6.45, 7) is 1.05. The number of carbonyl (C=O) groups is 2. The lowest BCUT2D eigenvalue weighted by Crippen LogP contribution is -2.39. The lowest BCUT2D eigenvalue weighted by atomic mass is 9.95. The zero-order valence-electron chi connectivity index (χ0n) is 14.7. The van der Waals surface area contributed by atoms with Gasteiger partial charge >= 0.3 is 12.1 Å². The van der Waals surface area contributed by atoms with Crippen LogP contribution in [0.15, 0.2) is 24.4 Å². The van der Waals surface area contributed by atoms with Gasteiger partial charge in [0.25, 0.3) is 0 Å². The van der Waals surface area contributed by atoms with Gasteiger partial charge in [-0.05, 0) is 25.0 Å². The van der Waals surface area contributed by atoms with E-state index in [1.807, 2.05) is 0 Å². The number of nitrogens with two attached hydrogens (primary N) is 1. The molecule has 142 valence electrons. The van der Waals surface area contributed by atoms with E-state index in [-0.39, 0.29) is 17.4 Å². The lowest BCUT2D eigenvalue weighted by molar-refractivity contribution is 0.0691. The van der Waals surface area contributed by atoms with E-state index in [0.717, 1.165) is 18.9 Å². The third-order valence-electron chi connectivity index (χ3n) is 4.56. The zero-order valence-corrected chi connectivity index (χ0v) is 14.7. The first-order valence-corrected chi connectivity index (χ1v) is 8.39. The molecule has 8 nitrogen and oxygen atoms in total. The molecule has 27 heavy (non-hydrogen) atoms. The van der Waals surface area contributed by atoms with Crippen molar-refractivity contribution in [3.05, 3.63) is 41.5 Å². The van der Waals surface area contributed by atoms with Crippen molar-refractivity contribution in [1.29, 1.82) is 0 Å². The number of anilines is 1. The van der Waals surface area contributed by atoms with Crippen LogP contribution in [-0.2, 0) is 4.74 Å². The highest BCUT2D eigenvalue weighted by molar-refractivity contribution is 5.88. The van der Waals surface area contributed by atoms with E-state index in [1.54, 1.807) is 11.1 Å². The van der Waals surface area contributed by atoms with Crippen molar-refractivity contribution < 1.29 is 23.8 Å². The van der Waals surface area contributed by atoms with Gasteiger partial charge in [0.2, 0.25) is 0 Å². The lowest BCUT2D eigenvalue weighted by Gasteiger charge is -2.31. The molecule has 1 aliphatic heterocycles. The van der Waals surface area contributed by atoms with Crippen LogP contribution >= 0.6 is 0 Å². The molecular weight excluding hydrogens is 355 g/mol. The largest absolute Gasteiger partial charge is 0.478 e. The summed E-state index contributed by atoms with van der Waals surface area (Å²) >= 11 is 0. The number of nitrogen functional groups attached to an aromatic ring is 1. The summed E-state index contributed by atoms with van der Waals surface area (Å²) in [6.07, 6.45) is 2.77. The first-order chi connectivity index (χ1) is 12.9. The van der Waals surface area contributed by atoms with Gasteiger partial charge < -0.3 is 20.5 Å². The van der Waals surface area contributed by atoms with Crippen LogP contribution in [0.2, 0.25) is 0 Å². The maximum atomic E-state index is 14.0. The monoisotopic (exact) mass is 374 g/mol. The van der Waals surface area contributed by atoms with Crippen molar-refractivity contribution in [2.24, 2.45) is 0 Å². The summed E-state index contributed by atoms with van der Waals surface area (Å²) in [5.41, 5.74) is 6.72. The predicted molar refractivity (Wildman–Crippen MR) is 94.8 cm³/mol. The van der Waals surface area contributed by atoms with E-state index in [4.69, 9.17) is 15.6 Å². The molecule has 3 rings (SSSR count). The molecule has 0 radical (unpaired) electrons. The number of piperidine rings is 1. The fourth-order valence-corrected chi connectivity index (χ4v) is 3.17. The quantitative estimate of drug-likeness (QED) is 0.847. The normalized spacial score (nSPS) is 16.8. The molecule has 1 amide bonds. The Balaban J connectivity index is 1.92. The van der Waals surface area contributed by atoms with E-state index in [9.17, 15) is 14.0 Å². The molecule has 1 aromatic carbocycles. The summed E-state index contributed by atoms with van der Waals surface area (Å²) < 4.78 is 18.8. The number of aromatic nitrogens is 2. The summed E-state index contributed by atoms with van der Waals surface area (Å²) in [5.74, 6) is -2.16. The minimum absolute atomic E-state index is 0.0483. The molecule has 0 aliphatic carbocycles. The van der Waals surface area contributed by atoms with E-state index in [2.05, 4.69) is 9.97 Å². The van der Waals surface area contributed by atoms with Crippen molar-refractivity contribution >= 4 is 17.9 Å². The van der Waals surface area contributed by atoms with Gasteiger partial charge in [-0.2, -0.15) is 0 Å². The topological polar surface area (TPSA) is 119 Å². The number of hydrogen-bond donors (Lipinski definition) is 2. The Morgan fingerprint density at radius 2 is 2.19 bits per heavy atom. The van der Waals surface area contributed by atoms with Crippen LogP contribution in [0.4, 0.5) is 15.0 Å². The molecular formula is C18H19FN4O4. The fourth-order valence-electron chi connectivity index (χ4n) is 3.17. The smallest absolute Gasteiger partial charge is 0.409 e. The van der Waals surface area contributed by atoms with Gasteiger partial charge in [-0.1, -0.05) is 6.07 Å². The first-order valence-electron chi connectivity index (χ1n) is 8.39. The predicted octanol–water partition coefficient (Wildman–Crippen LogP) is 2.51. The van der Waals surface area contributed by atoms with Gasteiger partial charge in [-0.25, -0.2) is 23.9 Å². The van der Waals surface area contributed by atoms with Crippen molar-refractivity contribution in [3.63, 3.8) is 0 Å². The van der Waals surface area contributed by atoms with Crippen molar-refractivity contribution in [2.75, 3.05) is 25.9 Å². The van der Waals surface area contributed by atoms with E-state index < -0.39 is 23.4 Å². The molecule has 0 saturated carbocycles. The number of aromatic carboxylic acids is 1. The average molecular weight is 374 g/mol. The highest BCUT2D eigenvalue weighted by atomic mass is 19.1. The highest BCUT2D eigenvalue weighted by Crippen LogP contribution is 2.30. The second kappa shape index (κ2) is 7.56. The van der Waals surface area contributed by atoms with Gasteiger partial charge in [0.05, 0.1) is 24.6 Å². The molecule has 1 aliphatic rings. The Morgan fingerprint density at radius 3 is 2.85 bits per heavy atom. The van der Waals surface area contributed by atoms with Crippen molar-refractivity contribution in [3.8, 4) is 11.3 Å². The molecule has 2 aromatic rings. The number of amides is 1. The van der Waals surface area contributed by atoms with Crippen LogP contribution < -0.4 is 5.73 Å². The molecule has 1 aromatic heterocycles. The SMILES string of the molecule is COC(=O)N1CCCC(c2cnc(N)c(-c3ccc(C(=O)O)c(F)c3)n2)C1. The molecule has 2 heterocycles. The standard InChI is InChI=1S/C18H19FN4O4/c1-27-18(26)23-6-2-3-11(9-23)14-8-21-16(20)15(22-14)10-4-5-12(17(24)25)13(19)7-10/h4-5,7-8,11H,2-3,6,9H2,1H3,(H2,20,21)(H,24,25). The Hall–Kier alpha value is -3.23. The molecule has 0 bridgehead atoms. The zero-order chi connectivity index (χ0) is 19.6. The molecule has 3 N–H and O–H groups in total. The number of nitrogens with zero attached hydrogens (tertiary/aromatic N) is 3. The van der Waals surface area contributed by atoms with Crippen molar-refractivity contribution in [1.82, 2.24) is 14.9 Å². The number of carbonyl (C=O) groups excluding carboxylic acids is 1. The third-order valence-corrected chi connectivity index (χ3v) is 4.56. The van der Waals surface area contributed by atoms with Gasteiger partial charge in [0.15, 0.2) is 0 Å². The molecule has 1 unspecified atom stereocenters. The van der Waals surface area contributed by atoms with Crippen LogP contribution in [0.25, 0.3) is 11.3 Å².